The molecule has 2 fully saturated rings. The van der Waals surface area contributed by atoms with Gasteiger partial charge in [-0.25, -0.2) is 0 Å². The molecule has 0 saturated carbocycles. The molecule has 9 nitrogen and oxygen atoms in total. The summed E-state index contributed by atoms with van der Waals surface area (Å²) in [5.41, 5.74) is -3.29. The van der Waals surface area contributed by atoms with Gasteiger partial charge in [0.1, 0.15) is 6.10 Å². The molecule has 2 aliphatic rings. The van der Waals surface area contributed by atoms with Crippen molar-refractivity contribution in [3.05, 3.63) is 52.5 Å². The maximum Gasteiger partial charge on any atom is 0.244 e. The summed E-state index contributed by atoms with van der Waals surface area (Å²) < 4.78 is 28.8. The van der Waals surface area contributed by atoms with Crippen LogP contribution in [0.4, 0.5) is 0 Å². The molecule has 0 aromatic heterocycles. The average Bonchev–Trinajstić information content (AvgIpc) is 3.04. The standard InChI is InChI=1S/C25H21ClN4O5/c1-14-24(13-29)22(30)35-25(14,16-5-7-17(26)8-6-16)34-21(23(24,11-27)12-28)15-9-18(31-2)20(33-4)19(10-15)32-3/h5-10,14,21,30H,1-4H3. The number of methoxy groups -OCH3 is 3. The maximum atomic E-state index is 10.4. The summed E-state index contributed by atoms with van der Waals surface area (Å²) in [5.74, 6) is -2.21. The Morgan fingerprint density at radius 3 is 1.97 bits per heavy atom. The van der Waals surface area contributed by atoms with E-state index in [4.69, 9.17) is 40.7 Å². The molecular weight excluding hydrogens is 472 g/mol. The topological polar surface area (TPSA) is 141 Å². The van der Waals surface area contributed by atoms with Crippen molar-refractivity contribution in [3.8, 4) is 35.5 Å². The van der Waals surface area contributed by atoms with Crippen LogP contribution in [-0.2, 0) is 15.3 Å². The van der Waals surface area contributed by atoms with Gasteiger partial charge in [0.2, 0.25) is 22.8 Å². The average molecular weight is 493 g/mol. The molecule has 1 N–H and O–H groups in total. The number of ether oxygens (including phenoxy) is 5. The Kier molecular flexibility index (Phi) is 5.77. The lowest BCUT2D eigenvalue weighted by atomic mass is 9.53. The van der Waals surface area contributed by atoms with Crippen molar-refractivity contribution in [1.29, 1.82) is 21.2 Å². The largest absolute Gasteiger partial charge is 0.493 e. The molecule has 2 aromatic carbocycles. The van der Waals surface area contributed by atoms with Gasteiger partial charge in [0.15, 0.2) is 16.9 Å². The van der Waals surface area contributed by atoms with Crippen LogP contribution in [0.15, 0.2) is 36.4 Å². The predicted molar refractivity (Wildman–Crippen MR) is 123 cm³/mol. The summed E-state index contributed by atoms with van der Waals surface area (Å²) in [6.45, 7) is 1.63. The highest BCUT2D eigenvalue weighted by Gasteiger charge is 2.79. The van der Waals surface area contributed by atoms with Gasteiger partial charge in [-0.2, -0.15) is 15.8 Å². The van der Waals surface area contributed by atoms with Crippen LogP contribution in [0.5, 0.6) is 17.2 Å². The maximum absolute atomic E-state index is 10.4. The molecule has 2 aromatic rings. The van der Waals surface area contributed by atoms with Crippen LogP contribution in [0.1, 0.15) is 24.2 Å². The van der Waals surface area contributed by atoms with E-state index in [1.54, 1.807) is 43.3 Å². The Morgan fingerprint density at radius 1 is 0.943 bits per heavy atom. The molecule has 2 heterocycles. The SMILES string of the molecule is COc1cc(C2OC3(c4ccc(Cl)cc4)OC(=N)C(C#N)(C3C)C2(C#N)C#N)cc(OC)c1OC. The Balaban J connectivity index is 2.06. The van der Waals surface area contributed by atoms with Gasteiger partial charge in [-0.05, 0) is 29.8 Å². The fourth-order valence-corrected chi connectivity index (χ4v) is 5.23. The van der Waals surface area contributed by atoms with Gasteiger partial charge in [-0.15, -0.1) is 0 Å². The Labute approximate surface area is 207 Å². The molecule has 2 bridgehead atoms. The summed E-state index contributed by atoms with van der Waals surface area (Å²) in [4.78, 5) is 0. The van der Waals surface area contributed by atoms with Crippen molar-refractivity contribution in [2.24, 2.45) is 16.7 Å². The third-order valence-corrected chi connectivity index (χ3v) is 7.16. The third-order valence-electron chi connectivity index (χ3n) is 6.91. The molecule has 10 heteroatoms. The molecule has 178 valence electrons. The van der Waals surface area contributed by atoms with E-state index in [1.807, 2.05) is 12.1 Å². The molecule has 0 spiro atoms. The van der Waals surface area contributed by atoms with Crippen LogP contribution >= 0.6 is 11.6 Å². The lowest BCUT2D eigenvalue weighted by Crippen LogP contribution is -2.57. The minimum absolute atomic E-state index is 0.267. The van der Waals surface area contributed by atoms with E-state index in [1.165, 1.54) is 21.3 Å². The second-order valence-corrected chi connectivity index (χ2v) is 8.67. The van der Waals surface area contributed by atoms with E-state index in [9.17, 15) is 15.8 Å². The quantitative estimate of drug-likeness (QED) is 0.643. The van der Waals surface area contributed by atoms with E-state index < -0.39 is 34.5 Å². The number of hydrogen-bond acceptors (Lipinski definition) is 9. The zero-order valence-corrected chi connectivity index (χ0v) is 20.1. The molecule has 2 saturated heterocycles. The van der Waals surface area contributed by atoms with Gasteiger partial charge in [0.25, 0.3) is 0 Å². The number of nitrogens with zero attached hydrogens (tertiary/aromatic N) is 3. The van der Waals surface area contributed by atoms with Gasteiger partial charge in [0, 0.05) is 10.6 Å². The van der Waals surface area contributed by atoms with Crippen molar-refractivity contribution < 1.29 is 23.7 Å². The lowest BCUT2D eigenvalue weighted by molar-refractivity contribution is -0.288. The van der Waals surface area contributed by atoms with Crippen LogP contribution in [0.2, 0.25) is 5.02 Å². The van der Waals surface area contributed by atoms with E-state index in [2.05, 4.69) is 6.07 Å². The molecule has 4 unspecified atom stereocenters. The van der Waals surface area contributed by atoms with E-state index in [0.29, 0.717) is 21.9 Å². The van der Waals surface area contributed by atoms with Crippen molar-refractivity contribution in [2.75, 3.05) is 21.3 Å². The first-order valence-corrected chi connectivity index (χ1v) is 10.9. The van der Waals surface area contributed by atoms with Crippen molar-refractivity contribution >= 4 is 17.5 Å². The van der Waals surface area contributed by atoms with Crippen LogP contribution in [0, 0.1) is 56.2 Å². The number of fused-ring (bicyclic) bond motifs is 2. The molecule has 0 aliphatic carbocycles. The van der Waals surface area contributed by atoms with Crippen molar-refractivity contribution in [2.45, 2.75) is 18.8 Å². The molecule has 4 rings (SSSR count). The lowest BCUT2D eigenvalue weighted by Gasteiger charge is -2.48. The Morgan fingerprint density at radius 2 is 1.51 bits per heavy atom. The smallest absolute Gasteiger partial charge is 0.244 e. The minimum atomic E-state index is -2.14. The first kappa shape index (κ1) is 24.2. The summed E-state index contributed by atoms with van der Waals surface area (Å²) in [5, 5.41) is 40.4. The fraction of sp³-hybridized carbons (Fsp3) is 0.360. The zero-order chi connectivity index (χ0) is 25.6. The number of nitrogens with one attached hydrogen (secondary N) is 1. The van der Waals surface area contributed by atoms with Gasteiger partial charge in [-0.1, -0.05) is 30.7 Å². The van der Waals surface area contributed by atoms with Crippen LogP contribution in [-0.4, -0.2) is 27.2 Å². The molecule has 0 amide bonds. The number of benzene rings is 2. The summed E-state index contributed by atoms with van der Waals surface area (Å²) in [6.07, 6.45) is -1.33. The monoisotopic (exact) mass is 492 g/mol. The normalized spacial score (nSPS) is 28.1. The minimum Gasteiger partial charge on any atom is -0.493 e. The summed E-state index contributed by atoms with van der Waals surface area (Å²) >= 11 is 6.08. The molecule has 0 radical (unpaired) electrons. The second kappa shape index (κ2) is 8.36. The number of hydrogen-bond donors (Lipinski definition) is 1. The highest BCUT2D eigenvalue weighted by Crippen LogP contribution is 2.69. The van der Waals surface area contributed by atoms with Gasteiger partial charge in [0.05, 0.1) is 45.5 Å². The van der Waals surface area contributed by atoms with Crippen LogP contribution < -0.4 is 14.2 Å². The highest BCUT2D eigenvalue weighted by molar-refractivity contribution is 6.30. The van der Waals surface area contributed by atoms with Crippen molar-refractivity contribution in [1.82, 2.24) is 0 Å². The Bertz CT molecular complexity index is 1290. The molecule has 4 atom stereocenters. The van der Waals surface area contributed by atoms with Crippen LogP contribution in [0.3, 0.4) is 0 Å². The number of halogens is 1. The van der Waals surface area contributed by atoms with E-state index >= 15 is 0 Å². The first-order chi connectivity index (χ1) is 16.7. The molecule has 35 heavy (non-hydrogen) atoms. The fourth-order valence-electron chi connectivity index (χ4n) is 5.10. The number of nitriles is 3. The summed E-state index contributed by atoms with van der Waals surface area (Å²) in [6, 6.07) is 15.8. The number of rotatable bonds is 5. The van der Waals surface area contributed by atoms with Crippen molar-refractivity contribution in [3.63, 3.8) is 0 Å². The summed E-state index contributed by atoms with van der Waals surface area (Å²) in [7, 11) is 4.31. The third kappa shape index (κ3) is 2.91. The highest BCUT2D eigenvalue weighted by atomic mass is 35.5. The molecular formula is C25H21ClN4O5. The van der Waals surface area contributed by atoms with Gasteiger partial charge in [-0.3, -0.25) is 5.41 Å². The first-order valence-electron chi connectivity index (χ1n) is 10.5. The van der Waals surface area contributed by atoms with Gasteiger partial charge < -0.3 is 23.7 Å². The van der Waals surface area contributed by atoms with Gasteiger partial charge >= 0.3 is 0 Å². The van der Waals surface area contributed by atoms with Crippen LogP contribution in [0.25, 0.3) is 0 Å². The predicted octanol–water partition coefficient (Wildman–Crippen LogP) is 4.48. The second-order valence-electron chi connectivity index (χ2n) is 8.24. The van der Waals surface area contributed by atoms with E-state index in [-0.39, 0.29) is 11.5 Å². The zero-order valence-electron chi connectivity index (χ0n) is 19.4. The van der Waals surface area contributed by atoms with E-state index in [0.717, 1.165) is 0 Å². The molecule has 2 aliphatic heterocycles. The Hall–Kier alpha value is -3.97.